The van der Waals surface area contributed by atoms with Crippen LogP contribution in [-0.4, -0.2) is 41.9 Å². The van der Waals surface area contributed by atoms with Crippen molar-refractivity contribution in [1.82, 2.24) is 15.5 Å². The van der Waals surface area contributed by atoms with Crippen molar-refractivity contribution in [2.75, 3.05) is 25.0 Å². The first-order valence-electron chi connectivity index (χ1n) is 4.73. The Kier molecular flexibility index (Phi) is 5.61. The molecule has 0 aliphatic carbocycles. The molecule has 0 radical (unpaired) electrons. The number of hydrogen-bond acceptors (Lipinski definition) is 6. The monoisotopic (exact) mass is 264 g/mol. The summed E-state index contributed by atoms with van der Waals surface area (Å²) in [6.45, 7) is 2.23. The van der Waals surface area contributed by atoms with Crippen molar-refractivity contribution >= 4 is 34.8 Å². The average Bonchev–Trinajstić information content (AvgIpc) is 2.62. The Balaban J connectivity index is 0.00000128. The maximum Gasteiger partial charge on any atom is 0.228 e. The van der Waals surface area contributed by atoms with Crippen LogP contribution in [0.3, 0.4) is 0 Å². The molecule has 2 rings (SSSR count). The van der Waals surface area contributed by atoms with E-state index in [-0.39, 0.29) is 24.4 Å². The van der Waals surface area contributed by atoms with Gasteiger partial charge in [0.25, 0.3) is 0 Å². The molecular formula is C8H13ClN4O2S. The Hall–Kier alpha value is -0.760. The molecule has 0 atom stereocenters. The summed E-state index contributed by atoms with van der Waals surface area (Å²) in [7, 11) is 0. The highest BCUT2D eigenvalue weighted by Crippen LogP contribution is 2.08. The minimum Gasteiger partial charge on any atom is -0.375 e. The predicted octanol–water partition coefficient (Wildman–Crippen LogP) is 0.277. The normalized spacial score (nSPS) is 15.0. The number of ether oxygens (including phenoxy) is 1. The summed E-state index contributed by atoms with van der Waals surface area (Å²) in [6.07, 6.45) is 0.634. The summed E-state index contributed by atoms with van der Waals surface area (Å²) in [5.41, 5.74) is 1.58. The van der Waals surface area contributed by atoms with E-state index < -0.39 is 0 Å². The van der Waals surface area contributed by atoms with E-state index in [1.807, 2.05) is 0 Å². The standard InChI is InChI=1S/C8H12N4O2S.ClH/c13-7(11-8-12-10-5-15-8)1-2-14-6-3-9-4-6;/h5-6,9H,1-4H2,(H,11,12,13);1H. The topological polar surface area (TPSA) is 76.1 Å². The lowest BCUT2D eigenvalue weighted by molar-refractivity contribution is -0.118. The van der Waals surface area contributed by atoms with Gasteiger partial charge in [0, 0.05) is 13.1 Å². The fraction of sp³-hybridized carbons (Fsp3) is 0.625. The van der Waals surface area contributed by atoms with Crippen LogP contribution >= 0.6 is 23.7 Å². The Morgan fingerprint density at radius 1 is 1.69 bits per heavy atom. The summed E-state index contributed by atoms with van der Waals surface area (Å²) < 4.78 is 5.41. The number of aromatic nitrogens is 2. The quantitative estimate of drug-likeness (QED) is 0.799. The van der Waals surface area contributed by atoms with E-state index >= 15 is 0 Å². The van der Waals surface area contributed by atoms with Crippen LogP contribution in [0, 0.1) is 0 Å². The maximum atomic E-state index is 11.3. The lowest BCUT2D eigenvalue weighted by Gasteiger charge is -2.26. The molecule has 1 fully saturated rings. The second-order valence-electron chi connectivity index (χ2n) is 3.19. The number of nitrogens with one attached hydrogen (secondary N) is 2. The highest BCUT2D eigenvalue weighted by Gasteiger charge is 2.17. The molecule has 0 unspecified atom stereocenters. The molecule has 1 aromatic rings. The third-order valence-corrected chi connectivity index (χ3v) is 2.64. The maximum absolute atomic E-state index is 11.3. The SMILES string of the molecule is Cl.O=C(CCOC1CNC1)Nc1nncs1. The molecule has 16 heavy (non-hydrogen) atoms. The molecule has 6 nitrogen and oxygen atoms in total. The van der Waals surface area contributed by atoms with Gasteiger partial charge in [-0.2, -0.15) is 0 Å². The molecule has 1 aliphatic heterocycles. The zero-order chi connectivity index (χ0) is 10.5. The molecule has 0 saturated carbocycles. The largest absolute Gasteiger partial charge is 0.375 e. The number of rotatable bonds is 5. The Morgan fingerprint density at radius 2 is 2.50 bits per heavy atom. The molecule has 0 aromatic carbocycles. The van der Waals surface area contributed by atoms with Crippen molar-refractivity contribution in [3.63, 3.8) is 0 Å². The summed E-state index contributed by atoms with van der Waals surface area (Å²) in [4.78, 5) is 11.3. The van der Waals surface area contributed by atoms with Crippen LogP contribution in [0.2, 0.25) is 0 Å². The van der Waals surface area contributed by atoms with E-state index in [4.69, 9.17) is 4.74 Å². The van der Waals surface area contributed by atoms with Gasteiger partial charge in [-0.3, -0.25) is 4.79 Å². The van der Waals surface area contributed by atoms with E-state index in [0.717, 1.165) is 13.1 Å². The Bertz CT molecular complexity index is 318. The molecule has 1 aliphatic rings. The highest BCUT2D eigenvalue weighted by atomic mass is 35.5. The van der Waals surface area contributed by atoms with Crippen LogP contribution in [0.5, 0.6) is 0 Å². The highest BCUT2D eigenvalue weighted by molar-refractivity contribution is 7.13. The van der Waals surface area contributed by atoms with Gasteiger partial charge in [-0.05, 0) is 0 Å². The number of halogens is 1. The fourth-order valence-corrected chi connectivity index (χ4v) is 1.57. The molecule has 1 aromatic heterocycles. The molecule has 2 N–H and O–H groups in total. The van der Waals surface area contributed by atoms with E-state index in [9.17, 15) is 4.79 Å². The van der Waals surface area contributed by atoms with Gasteiger partial charge in [-0.25, -0.2) is 0 Å². The van der Waals surface area contributed by atoms with Gasteiger partial charge in [0.1, 0.15) is 5.51 Å². The van der Waals surface area contributed by atoms with Crippen LogP contribution in [0.25, 0.3) is 0 Å². The molecule has 0 spiro atoms. The van der Waals surface area contributed by atoms with Crippen molar-refractivity contribution in [1.29, 1.82) is 0 Å². The zero-order valence-corrected chi connectivity index (χ0v) is 10.1. The first-order valence-corrected chi connectivity index (χ1v) is 5.61. The summed E-state index contributed by atoms with van der Waals surface area (Å²) in [5, 5.41) is 13.6. The van der Waals surface area contributed by atoms with Gasteiger partial charge < -0.3 is 15.4 Å². The van der Waals surface area contributed by atoms with Crippen molar-refractivity contribution < 1.29 is 9.53 Å². The van der Waals surface area contributed by atoms with Gasteiger partial charge in [0.15, 0.2) is 0 Å². The van der Waals surface area contributed by atoms with Crippen molar-refractivity contribution in [2.45, 2.75) is 12.5 Å². The van der Waals surface area contributed by atoms with E-state index in [1.54, 1.807) is 5.51 Å². The summed E-state index contributed by atoms with van der Waals surface area (Å²) >= 11 is 1.30. The van der Waals surface area contributed by atoms with Gasteiger partial charge in [-0.1, -0.05) is 11.3 Å². The van der Waals surface area contributed by atoms with Crippen LogP contribution in [0.1, 0.15) is 6.42 Å². The number of nitrogens with zero attached hydrogens (tertiary/aromatic N) is 2. The van der Waals surface area contributed by atoms with Crippen LogP contribution in [0.15, 0.2) is 5.51 Å². The summed E-state index contributed by atoms with van der Waals surface area (Å²) in [6, 6.07) is 0. The Labute approximate surface area is 103 Å². The zero-order valence-electron chi connectivity index (χ0n) is 8.51. The second-order valence-corrected chi connectivity index (χ2v) is 4.03. The average molecular weight is 265 g/mol. The first kappa shape index (κ1) is 13.3. The van der Waals surface area contributed by atoms with E-state index in [2.05, 4.69) is 20.8 Å². The molecule has 2 heterocycles. The van der Waals surface area contributed by atoms with Crippen molar-refractivity contribution in [3.05, 3.63) is 5.51 Å². The van der Waals surface area contributed by atoms with E-state index in [1.165, 1.54) is 11.3 Å². The minimum absolute atomic E-state index is 0. The number of carbonyl (C=O) groups excluding carboxylic acids is 1. The van der Waals surface area contributed by atoms with Gasteiger partial charge >= 0.3 is 0 Å². The number of anilines is 1. The van der Waals surface area contributed by atoms with Crippen LogP contribution in [-0.2, 0) is 9.53 Å². The lowest BCUT2D eigenvalue weighted by Crippen LogP contribution is -2.48. The summed E-state index contributed by atoms with van der Waals surface area (Å²) in [5.74, 6) is -0.0842. The minimum atomic E-state index is -0.0842. The van der Waals surface area contributed by atoms with Crippen LogP contribution in [0.4, 0.5) is 5.13 Å². The van der Waals surface area contributed by atoms with Crippen LogP contribution < -0.4 is 10.6 Å². The lowest BCUT2D eigenvalue weighted by atomic mass is 10.2. The van der Waals surface area contributed by atoms with Gasteiger partial charge in [0.05, 0.1) is 19.1 Å². The first-order chi connectivity index (χ1) is 7.34. The fourth-order valence-electron chi connectivity index (χ4n) is 1.11. The molecular weight excluding hydrogens is 252 g/mol. The number of amides is 1. The third-order valence-electron chi connectivity index (χ3n) is 2.03. The predicted molar refractivity (Wildman–Crippen MR) is 63.0 cm³/mol. The molecule has 1 saturated heterocycles. The third kappa shape index (κ3) is 4.01. The molecule has 90 valence electrons. The van der Waals surface area contributed by atoms with Gasteiger partial charge in [0.2, 0.25) is 11.0 Å². The molecule has 0 bridgehead atoms. The van der Waals surface area contributed by atoms with Crippen molar-refractivity contribution in [2.24, 2.45) is 0 Å². The number of hydrogen-bond donors (Lipinski definition) is 2. The van der Waals surface area contributed by atoms with E-state index in [0.29, 0.717) is 18.2 Å². The smallest absolute Gasteiger partial charge is 0.228 e. The second kappa shape index (κ2) is 6.74. The number of carbonyl (C=O) groups is 1. The van der Waals surface area contributed by atoms with Gasteiger partial charge in [-0.15, -0.1) is 22.6 Å². The molecule has 8 heteroatoms. The molecule has 1 amide bonds. The Morgan fingerprint density at radius 3 is 3.06 bits per heavy atom. The van der Waals surface area contributed by atoms with Crippen molar-refractivity contribution in [3.8, 4) is 0 Å².